The van der Waals surface area contributed by atoms with Crippen molar-refractivity contribution in [3.63, 3.8) is 0 Å². The molecular formula is C19H24N2O4S. The van der Waals surface area contributed by atoms with Crippen LogP contribution in [0.1, 0.15) is 61.6 Å². The van der Waals surface area contributed by atoms with Crippen LogP contribution in [0.3, 0.4) is 0 Å². The summed E-state index contributed by atoms with van der Waals surface area (Å²) in [5.74, 6) is 1.09. The summed E-state index contributed by atoms with van der Waals surface area (Å²) in [7, 11) is -3.74. The first-order chi connectivity index (χ1) is 12.4. The van der Waals surface area contributed by atoms with Crippen LogP contribution in [-0.2, 0) is 10.0 Å². The zero-order chi connectivity index (χ0) is 18.4. The van der Waals surface area contributed by atoms with Crippen LogP contribution in [0.2, 0.25) is 0 Å². The largest absolute Gasteiger partial charge is 0.487 e. The van der Waals surface area contributed by atoms with Crippen LogP contribution in [0.5, 0.6) is 5.75 Å². The number of ether oxygens (including phenoxy) is 1. The molecule has 1 N–H and O–H groups in total. The molecule has 1 fully saturated rings. The number of nitrogens with zero attached hydrogens (tertiary/aromatic N) is 1. The molecule has 1 aliphatic carbocycles. The predicted molar refractivity (Wildman–Crippen MR) is 96.5 cm³/mol. The summed E-state index contributed by atoms with van der Waals surface area (Å²) in [6.45, 7) is 3.26. The number of aryl methyl sites for hydroxylation is 2. The first kappa shape index (κ1) is 17.5. The molecule has 1 aliphatic heterocycles. The van der Waals surface area contributed by atoms with Crippen molar-refractivity contribution in [2.45, 2.75) is 68.9 Å². The lowest BCUT2D eigenvalue weighted by Crippen LogP contribution is -2.46. The fraction of sp³-hybridized carbons (Fsp3) is 0.526. The molecule has 2 heterocycles. The summed E-state index contributed by atoms with van der Waals surface area (Å²) in [6, 6.07) is 7.39. The summed E-state index contributed by atoms with van der Waals surface area (Å²) < 4.78 is 40.4. The van der Waals surface area contributed by atoms with Gasteiger partial charge in [0.25, 0.3) is 0 Å². The predicted octanol–water partition coefficient (Wildman–Crippen LogP) is 3.80. The second kappa shape index (κ2) is 6.39. The van der Waals surface area contributed by atoms with Crippen molar-refractivity contribution in [2.24, 2.45) is 0 Å². The van der Waals surface area contributed by atoms with Crippen LogP contribution in [0.15, 0.2) is 33.7 Å². The Hall–Kier alpha value is -1.86. The van der Waals surface area contributed by atoms with E-state index in [1.165, 1.54) is 6.42 Å². The third-order valence-corrected chi connectivity index (χ3v) is 7.21. The molecular weight excluding hydrogens is 352 g/mol. The van der Waals surface area contributed by atoms with Crippen LogP contribution in [0.4, 0.5) is 0 Å². The molecule has 0 unspecified atom stereocenters. The Kier molecular flexibility index (Phi) is 4.31. The minimum atomic E-state index is -3.74. The van der Waals surface area contributed by atoms with E-state index in [2.05, 4.69) is 9.88 Å². The highest BCUT2D eigenvalue weighted by Crippen LogP contribution is 2.46. The summed E-state index contributed by atoms with van der Waals surface area (Å²) in [5.41, 5.74) is 0.986. The fourth-order valence-electron chi connectivity index (χ4n) is 4.33. The Labute approximate surface area is 154 Å². The molecule has 0 bridgehead atoms. The van der Waals surface area contributed by atoms with Gasteiger partial charge < -0.3 is 9.26 Å². The number of para-hydroxylation sites is 1. The number of aromatic nitrogens is 1. The van der Waals surface area contributed by atoms with Crippen molar-refractivity contribution in [3.05, 3.63) is 41.3 Å². The van der Waals surface area contributed by atoms with Crippen LogP contribution in [0.25, 0.3) is 0 Å². The molecule has 6 nitrogen and oxygen atoms in total. The lowest BCUT2D eigenvalue weighted by atomic mass is 9.77. The normalized spacial score (nSPS) is 22.0. The summed E-state index contributed by atoms with van der Waals surface area (Å²) >= 11 is 0. The molecule has 26 heavy (non-hydrogen) atoms. The minimum Gasteiger partial charge on any atom is -0.487 e. The van der Waals surface area contributed by atoms with Crippen molar-refractivity contribution in [1.29, 1.82) is 0 Å². The smallest absolute Gasteiger partial charge is 0.246 e. The average Bonchev–Trinajstić information content (AvgIpc) is 2.94. The van der Waals surface area contributed by atoms with Crippen molar-refractivity contribution in [3.8, 4) is 5.75 Å². The Morgan fingerprint density at radius 1 is 1.15 bits per heavy atom. The van der Waals surface area contributed by atoms with E-state index < -0.39 is 10.0 Å². The second-order valence-corrected chi connectivity index (χ2v) is 9.07. The van der Waals surface area contributed by atoms with Gasteiger partial charge in [0.1, 0.15) is 21.9 Å². The van der Waals surface area contributed by atoms with Gasteiger partial charge in [0, 0.05) is 12.0 Å². The van der Waals surface area contributed by atoms with Crippen molar-refractivity contribution < 1.29 is 17.7 Å². The van der Waals surface area contributed by atoms with Gasteiger partial charge in [-0.05, 0) is 45.6 Å². The van der Waals surface area contributed by atoms with E-state index in [-0.39, 0.29) is 16.5 Å². The first-order valence-electron chi connectivity index (χ1n) is 9.13. The van der Waals surface area contributed by atoms with E-state index in [9.17, 15) is 8.42 Å². The number of fused-ring (bicyclic) bond motifs is 1. The van der Waals surface area contributed by atoms with Gasteiger partial charge in [0.05, 0.1) is 6.04 Å². The topological polar surface area (TPSA) is 81.4 Å². The van der Waals surface area contributed by atoms with Crippen LogP contribution >= 0.6 is 0 Å². The van der Waals surface area contributed by atoms with E-state index in [4.69, 9.17) is 9.26 Å². The van der Waals surface area contributed by atoms with Gasteiger partial charge in [-0.25, -0.2) is 13.1 Å². The van der Waals surface area contributed by atoms with E-state index in [1.54, 1.807) is 13.8 Å². The van der Waals surface area contributed by atoms with Gasteiger partial charge in [-0.15, -0.1) is 0 Å². The number of hydrogen-bond donors (Lipinski definition) is 1. The molecule has 2 aromatic rings. The monoisotopic (exact) mass is 376 g/mol. The van der Waals surface area contributed by atoms with Gasteiger partial charge in [0.2, 0.25) is 10.0 Å². The van der Waals surface area contributed by atoms with Gasteiger partial charge in [0.15, 0.2) is 5.76 Å². The molecule has 140 valence electrons. The Balaban J connectivity index is 1.71. The zero-order valence-corrected chi connectivity index (χ0v) is 15.9. The maximum absolute atomic E-state index is 13.0. The number of rotatable bonds is 3. The molecule has 0 saturated heterocycles. The van der Waals surface area contributed by atoms with Gasteiger partial charge in [-0.2, -0.15) is 0 Å². The van der Waals surface area contributed by atoms with Crippen LogP contribution in [0, 0.1) is 13.8 Å². The molecule has 2 aliphatic rings. The summed E-state index contributed by atoms with van der Waals surface area (Å²) in [6.07, 6.45) is 6.02. The molecule has 0 radical (unpaired) electrons. The van der Waals surface area contributed by atoms with Gasteiger partial charge in [-0.1, -0.05) is 29.8 Å². The fourth-order valence-corrected chi connectivity index (χ4v) is 5.87. The third-order valence-electron chi connectivity index (χ3n) is 5.50. The highest BCUT2D eigenvalue weighted by molar-refractivity contribution is 7.89. The highest BCUT2D eigenvalue weighted by Gasteiger charge is 2.43. The Bertz CT molecular complexity index is 894. The standard InChI is InChI=1S/C19H24N2O4S/c1-13-18(14(2)25-20-13)26(22,23)21-16-12-19(10-6-3-7-11-19)24-17-9-5-4-8-15(16)17/h4-5,8-9,16,21H,3,6-7,10-12H2,1-2H3/t16-/m1/s1. The average molecular weight is 376 g/mol. The number of hydrogen-bond acceptors (Lipinski definition) is 5. The van der Waals surface area contributed by atoms with E-state index in [0.717, 1.165) is 37.0 Å². The van der Waals surface area contributed by atoms with Crippen molar-refractivity contribution in [2.75, 3.05) is 0 Å². The summed E-state index contributed by atoms with van der Waals surface area (Å²) in [4.78, 5) is 0.138. The lowest BCUT2D eigenvalue weighted by molar-refractivity contribution is 0.0000751. The molecule has 4 rings (SSSR count). The number of benzene rings is 1. The molecule has 1 atom stereocenters. The summed E-state index contributed by atoms with van der Waals surface area (Å²) in [5, 5.41) is 3.78. The molecule has 1 saturated carbocycles. The van der Waals surface area contributed by atoms with Crippen molar-refractivity contribution >= 4 is 10.0 Å². The molecule has 7 heteroatoms. The molecule has 1 aromatic carbocycles. The molecule has 1 aromatic heterocycles. The number of sulfonamides is 1. The minimum absolute atomic E-state index is 0.138. The van der Waals surface area contributed by atoms with E-state index in [0.29, 0.717) is 17.9 Å². The first-order valence-corrected chi connectivity index (χ1v) is 10.6. The van der Waals surface area contributed by atoms with Crippen LogP contribution < -0.4 is 9.46 Å². The second-order valence-electron chi connectivity index (χ2n) is 7.41. The zero-order valence-electron chi connectivity index (χ0n) is 15.1. The highest BCUT2D eigenvalue weighted by atomic mass is 32.2. The lowest BCUT2D eigenvalue weighted by Gasteiger charge is -2.44. The maximum Gasteiger partial charge on any atom is 0.246 e. The van der Waals surface area contributed by atoms with Gasteiger partial charge in [-0.3, -0.25) is 0 Å². The van der Waals surface area contributed by atoms with Crippen LogP contribution in [-0.4, -0.2) is 19.2 Å². The molecule has 0 amide bonds. The molecule has 1 spiro atoms. The Morgan fingerprint density at radius 2 is 1.88 bits per heavy atom. The number of nitrogens with one attached hydrogen (secondary N) is 1. The third kappa shape index (κ3) is 3.03. The van der Waals surface area contributed by atoms with Crippen molar-refractivity contribution in [1.82, 2.24) is 9.88 Å². The maximum atomic E-state index is 13.0. The van der Waals surface area contributed by atoms with E-state index in [1.807, 2.05) is 24.3 Å². The quantitative estimate of drug-likeness (QED) is 0.881. The van der Waals surface area contributed by atoms with E-state index >= 15 is 0 Å². The SMILES string of the molecule is Cc1noc(C)c1S(=O)(=O)N[C@@H]1CC2(CCCCC2)Oc2ccccc21. The Morgan fingerprint density at radius 3 is 2.58 bits per heavy atom. The van der Waals surface area contributed by atoms with Gasteiger partial charge >= 0.3 is 0 Å².